The zero-order valence-corrected chi connectivity index (χ0v) is 25.3. The molecule has 1 aromatic heterocycles. The van der Waals surface area contributed by atoms with Crippen LogP contribution in [-0.2, 0) is 14.9 Å². The minimum atomic E-state index is -0.904. The maximum Gasteiger partial charge on any atom is 0.347 e. The number of hydrogen-bond acceptors (Lipinski definition) is 7. The summed E-state index contributed by atoms with van der Waals surface area (Å²) in [6.07, 6.45) is 0.595. The zero-order chi connectivity index (χ0) is 27.5. The van der Waals surface area contributed by atoms with Crippen molar-refractivity contribution in [1.82, 2.24) is 9.66 Å². The van der Waals surface area contributed by atoms with Crippen LogP contribution < -0.4 is 15.0 Å². The van der Waals surface area contributed by atoms with Crippen LogP contribution in [0.15, 0.2) is 43.1 Å². The lowest BCUT2D eigenvalue weighted by molar-refractivity contribution is -0.150. The van der Waals surface area contributed by atoms with Gasteiger partial charge in [-0.2, -0.15) is 9.78 Å². The lowest BCUT2D eigenvalue weighted by Crippen LogP contribution is -2.29. The monoisotopic (exact) mass is 655 g/mol. The molecule has 1 heterocycles. The fourth-order valence-electron chi connectivity index (χ4n) is 3.42. The van der Waals surface area contributed by atoms with E-state index in [4.69, 9.17) is 30.8 Å². The molecule has 198 valence electrons. The average molecular weight is 658 g/mol. The molecule has 0 aliphatic rings. The number of rotatable bonds is 8. The van der Waals surface area contributed by atoms with Gasteiger partial charge < -0.3 is 14.2 Å². The van der Waals surface area contributed by atoms with Crippen LogP contribution in [0.2, 0.25) is 5.02 Å². The molecule has 1 atom stereocenters. The first-order valence-corrected chi connectivity index (χ1v) is 13.6. The number of fused-ring (bicyclic) bond motifs is 1. The molecule has 0 radical (unpaired) electrons. The fraction of sp³-hybridized carbons (Fsp3) is 0.385. The van der Waals surface area contributed by atoms with Gasteiger partial charge in [0.15, 0.2) is 17.6 Å². The van der Waals surface area contributed by atoms with E-state index in [0.717, 1.165) is 4.47 Å². The standard InChI is InChI=1S/C26H28Br2ClN3O5/c1-7-35-19-11-15(20(28)21(29)22(19)37-14(3)24(34)36-8-2)13-30-32-23(33)17-12-16(27)9-10-18(17)31-25(32)26(4,5)6/h9-14H,7-8H2,1-6H3/t14-/m1/s1. The number of ether oxygens (including phenoxy) is 3. The first-order chi connectivity index (χ1) is 17.4. The number of halogens is 3. The fourth-order valence-corrected chi connectivity index (χ4v) is 4.42. The second-order valence-corrected chi connectivity index (χ2v) is 11.2. The molecule has 0 bridgehead atoms. The number of benzene rings is 2. The van der Waals surface area contributed by atoms with Gasteiger partial charge in [-0.25, -0.2) is 9.78 Å². The van der Waals surface area contributed by atoms with Crippen LogP contribution in [0, 0.1) is 0 Å². The summed E-state index contributed by atoms with van der Waals surface area (Å²) in [5, 5.41) is 5.13. The van der Waals surface area contributed by atoms with Gasteiger partial charge in [0.25, 0.3) is 5.56 Å². The van der Waals surface area contributed by atoms with Crippen LogP contribution in [-0.4, -0.2) is 41.2 Å². The molecule has 3 rings (SSSR count). The van der Waals surface area contributed by atoms with E-state index in [1.165, 1.54) is 10.9 Å². The molecular weight excluding hydrogens is 630 g/mol. The predicted molar refractivity (Wildman–Crippen MR) is 152 cm³/mol. The van der Waals surface area contributed by atoms with E-state index >= 15 is 0 Å². The summed E-state index contributed by atoms with van der Waals surface area (Å²) >= 11 is 13.5. The van der Waals surface area contributed by atoms with Crippen LogP contribution in [0.1, 0.15) is 52.9 Å². The first-order valence-electron chi connectivity index (χ1n) is 11.6. The molecule has 0 spiro atoms. The Hall–Kier alpha value is -2.43. The Labute approximate surface area is 237 Å². The highest BCUT2D eigenvalue weighted by molar-refractivity contribution is 9.10. The molecule has 3 aromatic rings. The smallest absolute Gasteiger partial charge is 0.347 e. The maximum absolute atomic E-state index is 13.4. The third-order valence-corrected chi connectivity index (χ3v) is 7.10. The lowest BCUT2D eigenvalue weighted by Gasteiger charge is -2.21. The van der Waals surface area contributed by atoms with Gasteiger partial charge in [-0.1, -0.05) is 48.3 Å². The molecule has 0 fully saturated rings. The van der Waals surface area contributed by atoms with Gasteiger partial charge in [-0.05, 0) is 61.0 Å². The predicted octanol–water partition coefficient (Wildman–Crippen LogP) is 6.48. The molecule has 0 saturated heterocycles. The summed E-state index contributed by atoms with van der Waals surface area (Å²) in [5.74, 6) is 0.487. The quantitative estimate of drug-likeness (QED) is 0.203. The molecule has 0 saturated carbocycles. The minimum absolute atomic E-state index is 0.188. The van der Waals surface area contributed by atoms with E-state index < -0.39 is 17.5 Å². The Morgan fingerprint density at radius 1 is 1.22 bits per heavy atom. The molecule has 8 nitrogen and oxygen atoms in total. The van der Waals surface area contributed by atoms with E-state index in [-0.39, 0.29) is 22.9 Å². The highest BCUT2D eigenvalue weighted by Gasteiger charge is 2.25. The number of aromatic nitrogens is 2. The van der Waals surface area contributed by atoms with Crippen molar-refractivity contribution in [3.8, 4) is 11.5 Å². The number of carbonyl (C=O) groups is 1. The molecule has 0 N–H and O–H groups in total. The van der Waals surface area contributed by atoms with Crippen molar-refractivity contribution in [2.45, 2.75) is 53.1 Å². The second-order valence-electron chi connectivity index (χ2n) is 9.07. The molecule has 0 aliphatic carbocycles. The highest BCUT2D eigenvalue weighted by Crippen LogP contribution is 2.43. The lowest BCUT2D eigenvalue weighted by atomic mass is 9.95. The van der Waals surface area contributed by atoms with Gasteiger partial charge in [0.05, 0.1) is 30.3 Å². The van der Waals surface area contributed by atoms with Crippen molar-refractivity contribution in [3.63, 3.8) is 0 Å². The maximum atomic E-state index is 13.4. The van der Waals surface area contributed by atoms with Gasteiger partial charge in [0, 0.05) is 19.9 Å². The summed E-state index contributed by atoms with van der Waals surface area (Å²) in [7, 11) is 0. The summed E-state index contributed by atoms with van der Waals surface area (Å²) in [4.78, 5) is 30.3. The van der Waals surface area contributed by atoms with Crippen LogP contribution in [0.3, 0.4) is 0 Å². The van der Waals surface area contributed by atoms with Gasteiger partial charge in [0.1, 0.15) is 10.8 Å². The largest absolute Gasteiger partial charge is 0.490 e. The average Bonchev–Trinajstić information content (AvgIpc) is 2.83. The van der Waals surface area contributed by atoms with Gasteiger partial charge in [-0.15, -0.1) is 0 Å². The summed E-state index contributed by atoms with van der Waals surface area (Å²) in [5.41, 5.74) is 0.350. The SMILES string of the molecule is CCOC(=O)[C@@H](C)Oc1c(OCC)cc(C=Nn2c(C(C)(C)C)nc3ccc(Br)cc3c2=O)c(Br)c1Cl. The molecule has 0 unspecified atom stereocenters. The van der Waals surface area contributed by atoms with E-state index in [9.17, 15) is 9.59 Å². The Balaban J connectivity index is 2.14. The minimum Gasteiger partial charge on any atom is -0.490 e. The molecular formula is C26H28Br2ClN3O5. The molecule has 2 aromatic carbocycles. The Kier molecular flexibility index (Phi) is 9.42. The van der Waals surface area contributed by atoms with Crippen molar-refractivity contribution in [3.05, 3.63) is 60.0 Å². The Morgan fingerprint density at radius 2 is 1.92 bits per heavy atom. The summed E-state index contributed by atoms with van der Waals surface area (Å²) in [6, 6.07) is 7.03. The third kappa shape index (κ3) is 6.53. The Bertz CT molecular complexity index is 1420. The van der Waals surface area contributed by atoms with Crippen molar-refractivity contribution >= 4 is 66.5 Å². The number of nitrogens with zero attached hydrogens (tertiary/aromatic N) is 3. The normalized spacial score (nSPS) is 12.7. The van der Waals surface area contributed by atoms with E-state index in [1.807, 2.05) is 33.8 Å². The van der Waals surface area contributed by atoms with Gasteiger partial charge in [-0.3, -0.25) is 4.79 Å². The number of hydrogen-bond donors (Lipinski definition) is 0. The van der Waals surface area contributed by atoms with Crippen LogP contribution in [0.5, 0.6) is 11.5 Å². The van der Waals surface area contributed by atoms with Crippen molar-refractivity contribution in [1.29, 1.82) is 0 Å². The second kappa shape index (κ2) is 12.0. The number of esters is 1. The summed E-state index contributed by atoms with van der Waals surface area (Å²) in [6.45, 7) is 11.5. The number of carbonyl (C=O) groups excluding carboxylic acids is 1. The van der Waals surface area contributed by atoms with E-state index in [1.54, 1.807) is 32.0 Å². The van der Waals surface area contributed by atoms with Crippen molar-refractivity contribution in [2.24, 2.45) is 5.10 Å². The van der Waals surface area contributed by atoms with Crippen molar-refractivity contribution < 1.29 is 19.0 Å². The van der Waals surface area contributed by atoms with E-state index in [2.05, 4.69) is 37.0 Å². The summed E-state index contributed by atoms with van der Waals surface area (Å²) < 4.78 is 19.1. The highest BCUT2D eigenvalue weighted by atomic mass is 79.9. The van der Waals surface area contributed by atoms with Crippen LogP contribution in [0.25, 0.3) is 10.9 Å². The van der Waals surface area contributed by atoms with Gasteiger partial charge >= 0.3 is 5.97 Å². The topological polar surface area (TPSA) is 92.0 Å². The third-order valence-electron chi connectivity index (χ3n) is 5.16. The first kappa shape index (κ1) is 29.1. The van der Waals surface area contributed by atoms with Gasteiger partial charge in [0.2, 0.25) is 0 Å². The molecule has 0 aliphatic heterocycles. The van der Waals surface area contributed by atoms with E-state index in [0.29, 0.717) is 39.1 Å². The van der Waals surface area contributed by atoms with Crippen LogP contribution in [0.4, 0.5) is 0 Å². The zero-order valence-electron chi connectivity index (χ0n) is 21.4. The Morgan fingerprint density at radius 3 is 2.54 bits per heavy atom. The van der Waals surface area contributed by atoms with Crippen molar-refractivity contribution in [2.75, 3.05) is 13.2 Å². The molecule has 11 heteroatoms. The molecule has 0 amide bonds. The molecule has 37 heavy (non-hydrogen) atoms. The van der Waals surface area contributed by atoms with Crippen LogP contribution >= 0.6 is 43.5 Å².